The van der Waals surface area contributed by atoms with Crippen molar-refractivity contribution >= 4 is 11.4 Å². The van der Waals surface area contributed by atoms with E-state index in [0.717, 1.165) is 16.9 Å². The van der Waals surface area contributed by atoms with Gasteiger partial charge in [0.2, 0.25) is 0 Å². The van der Waals surface area contributed by atoms with Crippen LogP contribution in [0.15, 0.2) is 18.2 Å². The van der Waals surface area contributed by atoms with E-state index in [1.807, 2.05) is 56.2 Å². The fourth-order valence-corrected chi connectivity index (χ4v) is 1.54. The van der Waals surface area contributed by atoms with Crippen molar-refractivity contribution in [1.29, 1.82) is 0 Å². The highest BCUT2D eigenvalue weighted by molar-refractivity contribution is 5.60. The molecule has 0 heterocycles. The molecule has 0 radical (unpaired) electrons. The van der Waals surface area contributed by atoms with Gasteiger partial charge in [0.15, 0.2) is 0 Å². The van der Waals surface area contributed by atoms with Gasteiger partial charge in [0.1, 0.15) is 6.61 Å². The lowest BCUT2D eigenvalue weighted by molar-refractivity contribution is -0.176. The van der Waals surface area contributed by atoms with E-state index in [1.165, 1.54) is 0 Å². The van der Waals surface area contributed by atoms with Crippen LogP contribution in [-0.2, 0) is 11.3 Å². The zero-order chi connectivity index (χ0) is 14.6. The molecule has 0 saturated carbocycles. The first-order valence-electron chi connectivity index (χ1n) is 5.82. The number of ether oxygens (including phenoxy) is 1. The molecule has 0 amide bonds. The van der Waals surface area contributed by atoms with Gasteiger partial charge in [0.25, 0.3) is 0 Å². The van der Waals surface area contributed by atoms with E-state index in [-0.39, 0.29) is 6.61 Å². The molecule has 0 aliphatic carbocycles. The summed E-state index contributed by atoms with van der Waals surface area (Å²) in [6.45, 7) is -1.28. The number of anilines is 2. The minimum atomic E-state index is -4.29. The zero-order valence-corrected chi connectivity index (χ0v) is 11.6. The molecule has 108 valence electrons. The highest BCUT2D eigenvalue weighted by Gasteiger charge is 2.27. The maximum atomic E-state index is 12.0. The molecule has 0 fully saturated rings. The van der Waals surface area contributed by atoms with E-state index in [2.05, 4.69) is 0 Å². The van der Waals surface area contributed by atoms with Gasteiger partial charge in [0, 0.05) is 39.6 Å². The van der Waals surface area contributed by atoms with E-state index in [9.17, 15) is 13.2 Å². The van der Waals surface area contributed by atoms with Crippen molar-refractivity contribution in [3.05, 3.63) is 23.8 Å². The molecule has 0 unspecified atom stereocenters. The van der Waals surface area contributed by atoms with Crippen LogP contribution in [0.1, 0.15) is 5.56 Å². The number of hydrogen-bond donors (Lipinski definition) is 0. The molecular weight excluding hydrogens is 257 g/mol. The normalized spacial score (nSPS) is 11.5. The monoisotopic (exact) mass is 276 g/mol. The number of rotatable bonds is 5. The minimum Gasteiger partial charge on any atom is -0.378 e. The van der Waals surface area contributed by atoms with Crippen molar-refractivity contribution in [3.63, 3.8) is 0 Å². The molecular formula is C13H19F3N2O. The molecule has 1 aromatic carbocycles. The molecule has 0 N–H and O–H groups in total. The van der Waals surface area contributed by atoms with Gasteiger partial charge in [0.05, 0.1) is 6.61 Å². The summed E-state index contributed by atoms with van der Waals surface area (Å²) in [6, 6.07) is 5.61. The fourth-order valence-electron chi connectivity index (χ4n) is 1.54. The van der Waals surface area contributed by atoms with Gasteiger partial charge >= 0.3 is 6.18 Å². The lowest BCUT2D eigenvalue weighted by Gasteiger charge is -2.20. The van der Waals surface area contributed by atoms with Crippen LogP contribution in [0, 0.1) is 0 Å². The first-order chi connectivity index (χ1) is 8.69. The number of hydrogen-bond acceptors (Lipinski definition) is 3. The molecule has 0 saturated heterocycles. The van der Waals surface area contributed by atoms with E-state index in [4.69, 9.17) is 4.74 Å². The fraction of sp³-hybridized carbons (Fsp3) is 0.538. The number of nitrogens with zero attached hydrogens (tertiary/aromatic N) is 2. The Morgan fingerprint density at radius 2 is 1.42 bits per heavy atom. The second-order valence-electron chi connectivity index (χ2n) is 4.75. The molecule has 3 nitrogen and oxygen atoms in total. The smallest absolute Gasteiger partial charge is 0.378 e. The summed E-state index contributed by atoms with van der Waals surface area (Å²) < 4.78 is 40.8. The van der Waals surface area contributed by atoms with Gasteiger partial charge in [-0.05, 0) is 23.8 Å². The summed E-state index contributed by atoms with van der Waals surface area (Å²) in [7, 11) is 7.54. The Bertz CT molecular complexity index is 391. The van der Waals surface area contributed by atoms with Crippen LogP contribution in [-0.4, -0.2) is 41.0 Å². The quantitative estimate of drug-likeness (QED) is 0.822. The lowest BCUT2D eigenvalue weighted by Crippen LogP contribution is -2.17. The zero-order valence-electron chi connectivity index (χ0n) is 11.6. The minimum absolute atomic E-state index is 0.0535. The number of alkyl halides is 3. The molecule has 0 aliphatic heterocycles. The van der Waals surface area contributed by atoms with Crippen LogP contribution in [0.4, 0.5) is 24.5 Å². The Morgan fingerprint density at radius 3 is 1.79 bits per heavy atom. The van der Waals surface area contributed by atoms with Crippen molar-refractivity contribution in [2.75, 3.05) is 44.6 Å². The van der Waals surface area contributed by atoms with E-state index < -0.39 is 12.8 Å². The van der Waals surface area contributed by atoms with Crippen LogP contribution in [0.5, 0.6) is 0 Å². The molecule has 0 bridgehead atoms. The average Bonchev–Trinajstić information content (AvgIpc) is 2.26. The summed E-state index contributed by atoms with van der Waals surface area (Å²) in [5.41, 5.74) is 2.58. The first kappa shape index (κ1) is 15.6. The maximum Gasteiger partial charge on any atom is 0.411 e. The molecule has 0 spiro atoms. The second-order valence-corrected chi connectivity index (χ2v) is 4.75. The van der Waals surface area contributed by atoms with Gasteiger partial charge in [-0.1, -0.05) is 0 Å². The van der Waals surface area contributed by atoms with Crippen LogP contribution < -0.4 is 9.80 Å². The molecule has 1 aromatic rings. The maximum absolute atomic E-state index is 12.0. The van der Waals surface area contributed by atoms with Crippen molar-refractivity contribution < 1.29 is 17.9 Å². The van der Waals surface area contributed by atoms with Gasteiger partial charge in [-0.15, -0.1) is 0 Å². The molecule has 1 rings (SSSR count). The van der Waals surface area contributed by atoms with Gasteiger partial charge in [-0.2, -0.15) is 13.2 Å². The van der Waals surface area contributed by atoms with Crippen LogP contribution >= 0.6 is 0 Å². The predicted octanol–water partition coefficient (Wildman–Crippen LogP) is 2.90. The standard InChI is InChI=1S/C13H19F3N2O/c1-17(2)11-5-10(6-12(7-11)18(3)4)8-19-9-13(14,15)16/h5-7H,8-9H2,1-4H3. The third-order valence-electron chi connectivity index (χ3n) is 2.53. The Balaban J connectivity index is 2.82. The third-order valence-corrected chi connectivity index (χ3v) is 2.53. The highest BCUT2D eigenvalue weighted by atomic mass is 19.4. The molecule has 19 heavy (non-hydrogen) atoms. The molecule has 0 atom stereocenters. The summed E-state index contributed by atoms with van der Waals surface area (Å²) >= 11 is 0. The Hall–Kier alpha value is -1.43. The predicted molar refractivity (Wildman–Crippen MR) is 70.8 cm³/mol. The summed E-state index contributed by atoms with van der Waals surface area (Å²) in [5, 5.41) is 0. The lowest BCUT2D eigenvalue weighted by atomic mass is 10.1. The molecule has 0 aliphatic rings. The summed E-state index contributed by atoms with van der Waals surface area (Å²) in [4.78, 5) is 3.81. The number of benzene rings is 1. The highest BCUT2D eigenvalue weighted by Crippen LogP contribution is 2.24. The Kier molecular flexibility index (Phi) is 5.05. The van der Waals surface area contributed by atoms with Crippen LogP contribution in [0.3, 0.4) is 0 Å². The molecule has 0 aromatic heterocycles. The van der Waals surface area contributed by atoms with E-state index in [0.29, 0.717) is 0 Å². The van der Waals surface area contributed by atoms with Crippen LogP contribution in [0.25, 0.3) is 0 Å². The van der Waals surface area contributed by atoms with E-state index >= 15 is 0 Å². The van der Waals surface area contributed by atoms with Crippen molar-refractivity contribution in [2.45, 2.75) is 12.8 Å². The SMILES string of the molecule is CN(C)c1cc(COCC(F)(F)F)cc(N(C)C)c1. The summed E-state index contributed by atoms with van der Waals surface area (Å²) in [5.74, 6) is 0. The average molecular weight is 276 g/mol. The summed E-state index contributed by atoms with van der Waals surface area (Å²) in [6.07, 6.45) is -4.29. The van der Waals surface area contributed by atoms with Crippen molar-refractivity contribution in [1.82, 2.24) is 0 Å². The van der Waals surface area contributed by atoms with Crippen molar-refractivity contribution in [2.24, 2.45) is 0 Å². The topological polar surface area (TPSA) is 15.7 Å². The first-order valence-corrected chi connectivity index (χ1v) is 5.82. The van der Waals surface area contributed by atoms with Gasteiger partial charge in [-0.25, -0.2) is 0 Å². The third kappa shape index (κ3) is 5.38. The Labute approximate surface area is 111 Å². The van der Waals surface area contributed by atoms with E-state index in [1.54, 1.807) is 0 Å². The largest absolute Gasteiger partial charge is 0.411 e. The second kappa shape index (κ2) is 6.14. The van der Waals surface area contributed by atoms with Gasteiger partial charge in [-0.3, -0.25) is 0 Å². The number of halogens is 3. The van der Waals surface area contributed by atoms with Crippen LogP contribution in [0.2, 0.25) is 0 Å². The van der Waals surface area contributed by atoms with Gasteiger partial charge < -0.3 is 14.5 Å². The Morgan fingerprint density at radius 1 is 0.947 bits per heavy atom. The molecule has 6 heteroatoms. The van der Waals surface area contributed by atoms with Crippen molar-refractivity contribution in [3.8, 4) is 0 Å².